The Labute approximate surface area is 94.9 Å². The van der Waals surface area contributed by atoms with Crippen molar-refractivity contribution in [3.8, 4) is 17.0 Å². The fourth-order valence-electron chi connectivity index (χ4n) is 1.60. The molecule has 0 saturated carbocycles. The Balaban J connectivity index is 2.45. The van der Waals surface area contributed by atoms with Crippen LogP contribution >= 0.6 is 0 Å². The lowest BCUT2D eigenvalue weighted by atomic mass is 10.1. The highest BCUT2D eigenvalue weighted by Gasteiger charge is 2.04. The second kappa shape index (κ2) is 4.23. The van der Waals surface area contributed by atoms with Gasteiger partial charge in [-0.05, 0) is 25.1 Å². The summed E-state index contributed by atoms with van der Waals surface area (Å²) < 4.78 is 5.07. The molecule has 0 atom stereocenters. The summed E-state index contributed by atoms with van der Waals surface area (Å²) in [5, 5.41) is 0. The number of nitrogens with two attached hydrogens (primary N) is 1. The molecule has 0 spiro atoms. The van der Waals surface area contributed by atoms with Gasteiger partial charge in [0.25, 0.3) is 0 Å². The van der Waals surface area contributed by atoms with E-state index in [0.717, 1.165) is 11.3 Å². The number of methoxy groups -OCH3 is 1. The maximum absolute atomic E-state index is 5.77. The van der Waals surface area contributed by atoms with Crippen LogP contribution in [0.3, 0.4) is 0 Å². The zero-order chi connectivity index (χ0) is 11.5. The van der Waals surface area contributed by atoms with E-state index in [4.69, 9.17) is 10.5 Å². The maximum atomic E-state index is 5.77. The van der Waals surface area contributed by atoms with Gasteiger partial charge in [0.15, 0.2) is 11.6 Å². The van der Waals surface area contributed by atoms with Crippen molar-refractivity contribution in [2.24, 2.45) is 0 Å². The Morgan fingerprint density at radius 2 is 2.00 bits per heavy atom. The lowest BCUT2D eigenvalue weighted by Crippen LogP contribution is -1.96. The minimum absolute atomic E-state index is 0.418. The molecule has 1 aromatic heterocycles. The van der Waals surface area contributed by atoms with Crippen molar-refractivity contribution in [2.75, 3.05) is 12.8 Å². The zero-order valence-corrected chi connectivity index (χ0v) is 9.40. The molecule has 0 radical (unpaired) electrons. The van der Waals surface area contributed by atoms with Crippen LogP contribution in [0, 0.1) is 6.92 Å². The predicted molar refractivity (Wildman–Crippen MR) is 65.4 cm³/mol. The summed E-state index contributed by atoms with van der Waals surface area (Å²) >= 11 is 0. The van der Waals surface area contributed by atoms with E-state index in [2.05, 4.69) is 24.0 Å². The number of nitrogens with zero attached hydrogens (tertiary/aromatic N) is 1. The quantitative estimate of drug-likeness (QED) is 0.836. The maximum Gasteiger partial charge on any atom is 0.166 e. The van der Waals surface area contributed by atoms with Crippen LogP contribution in [0.2, 0.25) is 0 Å². The number of nitrogen functional groups attached to an aromatic ring is 1. The summed E-state index contributed by atoms with van der Waals surface area (Å²) in [7, 11) is 1.58. The number of aromatic nitrogens is 1. The van der Waals surface area contributed by atoms with Gasteiger partial charge in [0, 0.05) is 5.56 Å². The SMILES string of the molecule is COc1ccc(-c2cccc(C)c2)nc1N. The minimum Gasteiger partial charge on any atom is -0.493 e. The van der Waals surface area contributed by atoms with Gasteiger partial charge in [-0.2, -0.15) is 0 Å². The molecule has 3 heteroatoms. The molecule has 3 nitrogen and oxygen atoms in total. The number of hydrogen-bond donors (Lipinski definition) is 1. The Kier molecular flexibility index (Phi) is 2.77. The average molecular weight is 214 g/mol. The number of anilines is 1. The van der Waals surface area contributed by atoms with Crippen molar-refractivity contribution in [1.29, 1.82) is 0 Å². The van der Waals surface area contributed by atoms with Crippen LogP contribution in [0.5, 0.6) is 5.75 Å². The average Bonchev–Trinajstić information content (AvgIpc) is 2.29. The molecule has 0 bridgehead atoms. The highest BCUT2D eigenvalue weighted by molar-refractivity contribution is 5.64. The molecule has 1 aromatic carbocycles. The standard InChI is InChI=1S/C13H14N2O/c1-9-4-3-5-10(8-9)11-6-7-12(16-2)13(14)15-11/h3-8H,1-2H3,(H2,14,15). The van der Waals surface area contributed by atoms with Crippen LogP contribution in [-0.4, -0.2) is 12.1 Å². The van der Waals surface area contributed by atoms with E-state index in [9.17, 15) is 0 Å². The van der Waals surface area contributed by atoms with Gasteiger partial charge >= 0.3 is 0 Å². The fourth-order valence-corrected chi connectivity index (χ4v) is 1.60. The number of pyridine rings is 1. The third-order valence-corrected chi connectivity index (χ3v) is 2.42. The van der Waals surface area contributed by atoms with Gasteiger partial charge in [-0.15, -0.1) is 0 Å². The summed E-state index contributed by atoms with van der Waals surface area (Å²) in [5.74, 6) is 1.03. The van der Waals surface area contributed by atoms with Gasteiger partial charge in [-0.25, -0.2) is 4.98 Å². The van der Waals surface area contributed by atoms with Gasteiger partial charge in [-0.1, -0.05) is 23.8 Å². The van der Waals surface area contributed by atoms with Crippen LogP contribution in [-0.2, 0) is 0 Å². The second-order valence-corrected chi connectivity index (χ2v) is 3.65. The minimum atomic E-state index is 0.418. The molecule has 0 aliphatic carbocycles. The van der Waals surface area contributed by atoms with Gasteiger partial charge in [0.1, 0.15) is 0 Å². The molecule has 0 unspecified atom stereocenters. The molecule has 1 heterocycles. The molecule has 16 heavy (non-hydrogen) atoms. The second-order valence-electron chi connectivity index (χ2n) is 3.65. The van der Waals surface area contributed by atoms with Crippen molar-refractivity contribution in [2.45, 2.75) is 6.92 Å². The number of rotatable bonds is 2. The lowest BCUT2D eigenvalue weighted by Gasteiger charge is -2.06. The molecular weight excluding hydrogens is 200 g/mol. The van der Waals surface area contributed by atoms with E-state index in [1.807, 2.05) is 24.3 Å². The first kappa shape index (κ1) is 10.5. The molecule has 0 amide bonds. The third kappa shape index (κ3) is 1.98. The summed E-state index contributed by atoms with van der Waals surface area (Å²) in [6.07, 6.45) is 0. The number of ether oxygens (including phenoxy) is 1. The highest BCUT2D eigenvalue weighted by Crippen LogP contribution is 2.24. The highest BCUT2D eigenvalue weighted by atomic mass is 16.5. The Bertz CT molecular complexity index is 509. The first-order chi connectivity index (χ1) is 7.70. The van der Waals surface area contributed by atoms with E-state index in [0.29, 0.717) is 11.6 Å². The van der Waals surface area contributed by atoms with E-state index in [-0.39, 0.29) is 0 Å². The Hall–Kier alpha value is -2.03. The molecular formula is C13H14N2O. The van der Waals surface area contributed by atoms with E-state index in [1.165, 1.54) is 5.56 Å². The monoisotopic (exact) mass is 214 g/mol. The summed E-state index contributed by atoms with van der Waals surface area (Å²) in [6, 6.07) is 11.9. The van der Waals surface area contributed by atoms with Gasteiger partial charge in [-0.3, -0.25) is 0 Å². The summed E-state index contributed by atoms with van der Waals surface area (Å²) in [4.78, 5) is 4.31. The van der Waals surface area contributed by atoms with Crippen molar-refractivity contribution < 1.29 is 4.74 Å². The van der Waals surface area contributed by atoms with Crippen LogP contribution in [0.25, 0.3) is 11.3 Å². The van der Waals surface area contributed by atoms with Crippen molar-refractivity contribution in [1.82, 2.24) is 4.98 Å². The molecule has 2 N–H and O–H groups in total. The van der Waals surface area contributed by atoms with Crippen molar-refractivity contribution in [3.63, 3.8) is 0 Å². The van der Waals surface area contributed by atoms with E-state index >= 15 is 0 Å². The molecule has 2 rings (SSSR count). The lowest BCUT2D eigenvalue weighted by molar-refractivity contribution is 0.415. The van der Waals surface area contributed by atoms with Crippen LogP contribution in [0.1, 0.15) is 5.56 Å². The zero-order valence-electron chi connectivity index (χ0n) is 9.40. The molecule has 0 aliphatic heterocycles. The smallest absolute Gasteiger partial charge is 0.166 e. The Morgan fingerprint density at radius 1 is 1.19 bits per heavy atom. The number of benzene rings is 1. The normalized spacial score (nSPS) is 10.1. The first-order valence-electron chi connectivity index (χ1n) is 5.08. The van der Waals surface area contributed by atoms with Crippen molar-refractivity contribution in [3.05, 3.63) is 42.0 Å². The number of hydrogen-bond acceptors (Lipinski definition) is 3. The summed E-state index contributed by atoms with van der Waals surface area (Å²) in [5.41, 5.74) is 8.90. The third-order valence-electron chi connectivity index (χ3n) is 2.42. The fraction of sp³-hybridized carbons (Fsp3) is 0.154. The van der Waals surface area contributed by atoms with Gasteiger partial charge in [0.05, 0.1) is 12.8 Å². The number of aryl methyl sites for hydroxylation is 1. The predicted octanol–water partition coefficient (Wildman–Crippen LogP) is 2.65. The van der Waals surface area contributed by atoms with Gasteiger partial charge in [0.2, 0.25) is 0 Å². The van der Waals surface area contributed by atoms with E-state index < -0.39 is 0 Å². The van der Waals surface area contributed by atoms with Gasteiger partial charge < -0.3 is 10.5 Å². The van der Waals surface area contributed by atoms with Crippen molar-refractivity contribution >= 4 is 5.82 Å². The molecule has 82 valence electrons. The van der Waals surface area contributed by atoms with Crippen LogP contribution in [0.4, 0.5) is 5.82 Å². The van der Waals surface area contributed by atoms with Crippen LogP contribution in [0.15, 0.2) is 36.4 Å². The molecule has 0 saturated heterocycles. The van der Waals surface area contributed by atoms with Crippen LogP contribution < -0.4 is 10.5 Å². The molecule has 2 aromatic rings. The largest absolute Gasteiger partial charge is 0.493 e. The van der Waals surface area contributed by atoms with E-state index in [1.54, 1.807) is 7.11 Å². The molecule has 0 aliphatic rings. The Morgan fingerprint density at radius 3 is 2.62 bits per heavy atom. The molecule has 0 fully saturated rings. The first-order valence-corrected chi connectivity index (χ1v) is 5.08. The summed E-state index contributed by atoms with van der Waals surface area (Å²) in [6.45, 7) is 2.05. The topological polar surface area (TPSA) is 48.1 Å².